The number of rotatable bonds is 4. The van der Waals surface area contributed by atoms with E-state index in [0.717, 1.165) is 0 Å². The third kappa shape index (κ3) is 2.69. The molecular formula is C14H18N6O3. The molecule has 1 atom stereocenters. The van der Waals surface area contributed by atoms with Crippen molar-refractivity contribution in [2.45, 2.75) is 13.3 Å². The second-order valence-corrected chi connectivity index (χ2v) is 6.09. The highest BCUT2D eigenvalue weighted by molar-refractivity contribution is 5.87. The van der Waals surface area contributed by atoms with E-state index in [4.69, 9.17) is 0 Å². The molecule has 23 heavy (non-hydrogen) atoms. The molecule has 2 N–H and O–H groups in total. The van der Waals surface area contributed by atoms with Crippen LogP contribution in [-0.2, 0) is 9.59 Å². The van der Waals surface area contributed by atoms with Crippen LogP contribution in [0.5, 0.6) is 0 Å². The normalized spacial score (nSPS) is 20.9. The Labute approximate surface area is 132 Å². The van der Waals surface area contributed by atoms with Gasteiger partial charge in [-0.1, -0.05) is 0 Å². The molecule has 1 aliphatic heterocycles. The van der Waals surface area contributed by atoms with E-state index in [0.29, 0.717) is 29.9 Å². The number of carboxylic acids is 1. The van der Waals surface area contributed by atoms with Gasteiger partial charge in [-0.3, -0.25) is 9.59 Å². The number of likely N-dealkylation sites (N-methyl/N-ethyl adjacent to an activating group) is 1. The Morgan fingerprint density at radius 3 is 2.91 bits per heavy atom. The van der Waals surface area contributed by atoms with Crippen LogP contribution in [-0.4, -0.2) is 68.5 Å². The molecule has 0 spiro atoms. The zero-order valence-electron chi connectivity index (χ0n) is 13.0. The molecular weight excluding hydrogens is 300 g/mol. The lowest BCUT2D eigenvalue weighted by molar-refractivity contribution is -0.147. The summed E-state index contributed by atoms with van der Waals surface area (Å²) in [6, 6.07) is 0. The number of likely N-dealkylation sites (tertiary alicyclic amines) is 1. The average Bonchev–Trinajstić information content (AvgIpc) is 3.13. The quantitative estimate of drug-likeness (QED) is 0.822. The van der Waals surface area contributed by atoms with Gasteiger partial charge in [-0.25, -0.2) is 15.0 Å². The summed E-state index contributed by atoms with van der Waals surface area (Å²) in [4.78, 5) is 42.3. The van der Waals surface area contributed by atoms with Gasteiger partial charge in [0.05, 0.1) is 18.3 Å². The molecule has 122 valence electrons. The number of nitrogens with one attached hydrogen (secondary N) is 1. The van der Waals surface area contributed by atoms with Crippen LogP contribution in [0, 0.1) is 5.41 Å². The van der Waals surface area contributed by atoms with Gasteiger partial charge in [0.15, 0.2) is 11.5 Å². The Morgan fingerprint density at radius 2 is 2.22 bits per heavy atom. The number of anilines is 1. The summed E-state index contributed by atoms with van der Waals surface area (Å²) in [7, 11) is 1.76. The van der Waals surface area contributed by atoms with Crippen molar-refractivity contribution in [3.8, 4) is 0 Å². The summed E-state index contributed by atoms with van der Waals surface area (Å²) < 4.78 is 0. The van der Waals surface area contributed by atoms with Crippen molar-refractivity contribution in [1.82, 2.24) is 24.8 Å². The first kappa shape index (κ1) is 15.2. The first-order valence-electron chi connectivity index (χ1n) is 7.27. The molecule has 2 aromatic heterocycles. The number of carboxylic acid groups (broad SMARTS) is 1. The number of imidazole rings is 1. The van der Waals surface area contributed by atoms with Crippen molar-refractivity contribution < 1.29 is 14.7 Å². The van der Waals surface area contributed by atoms with Gasteiger partial charge in [0.1, 0.15) is 11.8 Å². The van der Waals surface area contributed by atoms with E-state index in [-0.39, 0.29) is 19.0 Å². The van der Waals surface area contributed by atoms with Crippen molar-refractivity contribution in [2.24, 2.45) is 5.41 Å². The number of hydrogen-bond acceptors (Lipinski definition) is 6. The standard InChI is InChI=1S/C14H18N6O3/c1-14(13(22)23)3-4-20(6-14)9(21)5-19(2)12-10-11(16-7-15-10)17-8-18-12/h7-8H,3-6H2,1-2H3,(H,22,23)(H,15,16,17,18). The molecule has 0 aromatic carbocycles. The smallest absolute Gasteiger partial charge is 0.311 e. The molecule has 0 bridgehead atoms. The minimum atomic E-state index is -0.865. The molecule has 3 heterocycles. The lowest BCUT2D eigenvalue weighted by Crippen LogP contribution is -2.40. The maximum absolute atomic E-state index is 12.4. The third-order valence-electron chi connectivity index (χ3n) is 4.28. The first-order chi connectivity index (χ1) is 10.9. The number of aliphatic carboxylic acids is 1. The summed E-state index contributed by atoms with van der Waals surface area (Å²) in [5.74, 6) is -0.402. The number of carbonyl (C=O) groups is 2. The minimum Gasteiger partial charge on any atom is -0.481 e. The van der Waals surface area contributed by atoms with Crippen molar-refractivity contribution in [1.29, 1.82) is 0 Å². The maximum Gasteiger partial charge on any atom is 0.311 e. The van der Waals surface area contributed by atoms with E-state index in [9.17, 15) is 14.7 Å². The van der Waals surface area contributed by atoms with Crippen LogP contribution in [0.2, 0.25) is 0 Å². The number of aromatic amines is 1. The third-order valence-corrected chi connectivity index (χ3v) is 4.28. The van der Waals surface area contributed by atoms with Gasteiger partial charge in [0.25, 0.3) is 0 Å². The van der Waals surface area contributed by atoms with Crippen molar-refractivity contribution in [3.05, 3.63) is 12.7 Å². The van der Waals surface area contributed by atoms with Crippen LogP contribution in [0.3, 0.4) is 0 Å². The zero-order valence-corrected chi connectivity index (χ0v) is 13.0. The molecule has 0 saturated carbocycles. The van der Waals surface area contributed by atoms with E-state index in [2.05, 4.69) is 19.9 Å². The Bertz CT molecular complexity index is 760. The Hall–Kier alpha value is -2.71. The van der Waals surface area contributed by atoms with Crippen LogP contribution >= 0.6 is 0 Å². The van der Waals surface area contributed by atoms with Crippen LogP contribution in [0.25, 0.3) is 11.2 Å². The highest BCUT2D eigenvalue weighted by atomic mass is 16.4. The number of fused-ring (bicyclic) bond motifs is 1. The predicted molar refractivity (Wildman–Crippen MR) is 81.9 cm³/mol. The highest BCUT2D eigenvalue weighted by Crippen LogP contribution is 2.30. The van der Waals surface area contributed by atoms with Gasteiger partial charge in [0.2, 0.25) is 5.91 Å². The second kappa shape index (κ2) is 5.49. The van der Waals surface area contributed by atoms with Gasteiger partial charge in [-0.15, -0.1) is 0 Å². The van der Waals surface area contributed by atoms with Crippen LogP contribution in [0.15, 0.2) is 12.7 Å². The van der Waals surface area contributed by atoms with Crippen LogP contribution in [0.1, 0.15) is 13.3 Å². The van der Waals surface area contributed by atoms with Gasteiger partial charge in [-0.2, -0.15) is 0 Å². The lowest BCUT2D eigenvalue weighted by Gasteiger charge is -2.23. The molecule has 0 aliphatic carbocycles. The van der Waals surface area contributed by atoms with Crippen molar-refractivity contribution >= 4 is 28.9 Å². The van der Waals surface area contributed by atoms with E-state index in [1.165, 1.54) is 12.7 Å². The number of aromatic nitrogens is 4. The van der Waals surface area contributed by atoms with Gasteiger partial charge in [0, 0.05) is 20.1 Å². The summed E-state index contributed by atoms with van der Waals surface area (Å²) in [5.41, 5.74) is 0.341. The largest absolute Gasteiger partial charge is 0.481 e. The van der Waals surface area contributed by atoms with E-state index >= 15 is 0 Å². The number of carbonyl (C=O) groups excluding carboxylic acids is 1. The summed E-state index contributed by atoms with van der Waals surface area (Å²) in [6.45, 7) is 2.47. The van der Waals surface area contributed by atoms with E-state index < -0.39 is 11.4 Å². The van der Waals surface area contributed by atoms with Crippen LogP contribution < -0.4 is 4.90 Å². The monoisotopic (exact) mass is 318 g/mol. The Morgan fingerprint density at radius 1 is 1.43 bits per heavy atom. The molecule has 2 aromatic rings. The lowest BCUT2D eigenvalue weighted by atomic mass is 9.90. The summed E-state index contributed by atoms with van der Waals surface area (Å²) in [6.07, 6.45) is 3.39. The number of hydrogen-bond donors (Lipinski definition) is 2. The van der Waals surface area contributed by atoms with Crippen molar-refractivity contribution in [3.63, 3.8) is 0 Å². The van der Waals surface area contributed by atoms with E-state index in [1.807, 2.05) is 0 Å². The summed E-state index contributed by atoms with van der Waals surface area (Å²) in [5, 5.41) is 9.25. The van der Waals surface area contributed by atoms with Crippen molar-refractivity contribution in [2.75, 3.05) is 31.6 Å². The maximum atomic E-state index is 12.4. The SMILES string of the molecule is CN(CC(=O)N1CCC(C)(C(=O)O)C1)c1ncnc2nc[nH]c12. The van der Waals surface area contributed by atoms with Gasteiger partial charge in [-0.05, 0) is 13.3 Å². The molecule has 1 fully saturated rings. The fourth-order valence-corrected chi connectivity index (χ4v) is 2.77. The fourth-order valence-electron chi connectivity index (χ4n) is 2.77. The first-order valence-corrected chi connectivity index (χ1v) is 7.27. The van der Waals surface area contributed by atoms with Gasteiger partial charge < -0.3 is 19.9 Å². The number of nitrogens with zero attached hydrogens (tertiary/aromatic N) is 5. The molecule has 1 amide bonds. The molecule has 9 nitrogen and oxygen atoms in total. The molecule has 1 aliphatic rings. The number of amides is 1. The Kier molecular flexibility index (Phi) is 3.63. The average molecular weight is 318 g/mol. The summed E-state index contributed by atoms with van der Waals surface area (Å²) >= 11 is 0. The second-order valence-electron chi connectivity index (χ2n) is 6.09. The molecule has 9 heteroatoms. The molecule has 1 saturated heterocycles. The Balaban J connectivity index is 1.71. The zero-order chi connectivity index (χ0) is 16.6. The predicted octanol–water partition coefficient (Wildman–Crippen LogP) is 0.112. The minimum absolute atomic E-state index is 0.112. The molecule has 3 rings (SSSR count). The van der Waals surface area contributed by atoms with Crippen LogP contribution in [0.4, 0.5) is 5.82 Å². The highest BCUT2D eigenvalue weighted by Gasteiger charge is 2.42. The molecule has 0 radical (unpaired) electrons. The molecule has 1 unspecified atom stereocenters. The fraction of sp³-hybridized carbons (Fsp3) is 0.500. The number of H-pyrrole nitrogens is 1. The topological polar surface area (TPSA) is 115 Å². The van der Waals surface area contributed by atoms with E-state index in [1.54, 1.807) is 23.8 Å². The van der Waals surface area contributed by atoms with Gasteiger partial charge >= 0.3 is 5.97 Å².